The molecule has 3 nitrogen and oxygen atoms in total. The molecule has 1 rings (SSSR count). The summed E-state index contributed by atoms with van der Waals surface area (Å²) >= 11 is 11.9. The molecule has 0 radical (unpaired) electrons. The first kappa shape index (κ1) is 19.1. The predicted molar refractivity (Wildman–Crippen MR) is 90.8 cm³/mol. The molecule has 0 unspecified atom stereocenters. The van der Waals surface area contributed by atoms with Crippen molar-refractivity contribution >= 4 is 29.2 Å². The Labute approximate surface area is 142 Å². The van der Waals surface area contributed by atoms with Gasteiger partial charge in [0.15, 0.2) is 6.10 Å². The van der Waals surface area contributed by atoms with Gasteiger partial charge >= 0.3 is 5.97 Å². The van der Waals surface area contributed by atoms with Crippen molar-refractivity contribution in [1.82, 2.24) is 0 Å². The molecule has 0 heterocycles. The molecule has 0 bridgehead atoms. The van der Waals surface area contributed by atoms with Crippen molar-refractivity contribution in [3.63, 3.8) is 0 Å². The molecule has 2 atom stereocenters. The monoisotopic (exact) mass is 346 g/mol. The molecule has 5 heteroatoms. The van der Waals surface area contributed by atoms with Gasteiger partial charge in [-0.3, -0.25) is 0 Å². The lowest BCUT2D eigenvalue weighted by Crippen LogP contribution is -2.28. The zero-order chi connectivity index (χ0) is 16.5. The Hall–Kier alpha value is -0.930. The summed E-state index contributed by atoms with van der Waals surface area (Å²) in [7, 11) is 0. The van der Waals surface area contributed by atoms with E-state index in [2.05, 4.69) is 13.8 Å². The Morgan fingerprint density at radius 2 is 2.00 bits per heavy atom. The first-order valence-electron chi connectivity index (χ1n) is 7.76. The van der Waals surface area contributed by atoms with Gasteiger partial charge in [-0.25, -0.2) is 4.79 Å². The zero-order valence-electron chi connectivity index (χ0n) is 13.4. The maximum absolute atomic E-state index is 12.0. The van der Waals surface area contributed by atoms with Gasteiger partial charge in [0.2, 0.25) is 0 Å². The SMILES string of the molecule is CCCC[C@@H](CC)COC(=O)[C@@H](C)Oc1ccc(Cl)cc1Cl. The van der Waals surface area contributed by atoms with E-state index in [9.17, 15) is 4.79 Å². The van der Waals surface area contributed by atoms with Crippen LogP contribution in [-0.4, -0.2) is 18.7 Å². The van der Waals surface area contributed by atoms with Crippen LogP contribution in [0.15, 0.2) is 18.2 Å². The maximum Gasteiger partial charge on any atom is 0.347 e. The first-order valence-corrected chi connectivity index (χ1v) is 8.51. The third-order valence-electron chi connectivity index (χ3n) is 3.53. The molecule has 0 spiro atoms. The molecule has 0 amide bonds. The average molecular weight is 347 g/mol. The molecule has 22 heavy (non-hydrogen) atoms. The van der Waals surface area contributed by atoms with Gasteiger partial charge in [0, 0.05) is 5.02 Å². The highest BCUT2D eigenvalue weighted by Crippen LogP contribution is 2.28. The normalized spacial score (nSPS) is 13.5. The molecule has 124 valence electrons. The van der Waals surface area contributed by atoms with E-state index in [-0.39, 0.29) is 5.97 Å². The zero-order valence-corrected chi connectivity index (χ0v) is 14.9. The third kappa shape index (κ3) is 6.45. The van der Waals surface area contributed by atoms with Crippen LogP contribution in [-0.2, 0) is 9.53 Å². The van der Waals surface area contributed by atoms with E-state index in [0.29, 0.717) is 28.3 Å². The summed E-state index contributed by atoms with van der Waals surface area (Å²) in [5.74, 6) is 0.463. The lowest BCUT2D eigenvalue weighted by Gasteiger charge is -2.18. The maximum atomic E-state index is 12.0. The fourth-order valence-corrected chi connectivity index (χ4v) is 2.48. The molecule has 0 N–H and O–H groups in total. The van der Waals surface area contributed by atoms with Crippen molar-refractivity contribution < 1.29 is 14.3 Å². The Balaban J connectivity index is 2.47. The number of esters is 1. The number of unbranched alkanes of at least 4 members (excludes halogenated alkanes) is 1. The fourth-order valence-electron chi connectivity index (χ4n) is 2.02. The Kier molecular flexibility index (Phi) is 8.66. The summed E-state index contributed by atoms with van der Waals surface area (Å²) in [6.45, 7) is 6.36. The van der Waals surface area contributed by atoms with Crippen LogP contribution in [0.4, 0.5) is 0 Å². The van der Waals surface area contributed by atoms with Crippen LogP contribution in [0.1, 0.15) is 46.5 Å². The van der Waals surface area contributed by atoms with E-state index < -0.39 is 6.10 Å². The van der Waals surface area contributed by atoms with Crippen molar-refractivity contribution in [2.45, 2.75) is 52.6 Å². The quantitative estimate of drug-likeness (QED) is 0.552. The summed E-state index contributed by atoms with van der Waals surface area (Å²) in [4.78, 5) is 12.0. The van der Waals surface area contributed by atoms with E-state index >= 15 is 0 Å². The van der Waals surface area contributed by atoms with Crippen LogP contribution in [0.5, 0.6) is 5.75 Å². The standard InChI is InChI=1S/C17H24Cl2O3/c1-4-6-7-13(5-2)11-21-17(20)12(3)22-16-9-8-14(18)10-15(16)19/h8-10,12-13H,4-7,11H2,1-3H3/t12-,13-/m1/s1. The minimum absolute atomic E-state index is 0.374. The summed E-state index contributed by atoms with van der Waals surface area (Å²) in [5.41, 5.74) is 0. The van der Waals surface area contributed by atoms with E-state index in [1.165, 1.54) is 0 Å². The Morgan fingerprint density at radius 3 is 2.59 bits per heavy atom. The number of carbonyl (C=O) groups is 1. The van der Waals surface area contributed by atoms with Gasteiger partial charge < -0.3 is 9.47 Å². The third-order valence-corrected chi connectivity index (χ3v) is 4.06. The van der Waals surface area contributed by atoms with Gasteiger partial charge in [0.05, 0.1) is 11.6 Å². The van der Waals surface area contributed by atoms with E-state index in [4.69, 9.17) is 32.7 Å². The van der Waals surface area contributed by atoms with Gasteiger partial charge in [-0.2, -0.15) is 0 Å². The Bertz CT molecular complexity index is 477. The number of ether oxygens (including phenoxy) is 2. The molecule has 0 aliphatic heterocycles. The van der Waals surface area contributed by atoms with Gasteiger partial charge in [-0.15, -0.1) is 0 Å². The van der Waals surface area contributed by atoms with Crippen molar-refractivity contribution in [2.75, 3.05) is 6.61 Å². The van der Waals surface area contributed by atoms with Crippen LogP contribution >= 0.6 is 23.2 Å². The number of hydrogen-bond acceptors (Lipinski definition) is 3. The molecule has 0 aliphatic carbocycles. The molecular weight excluding hydrogens is 323 g/mol. The summed E-state index contributed by atoms with van der Waals surface area (Å²) in [6, 6.07) is 4.89. The summed E-state index contributed by atoms with van der Waals surface area (Å²) in [6.07, 6.45) is 3.69. The van der Waals surface area contributed by atoms with Crippen molar-refractivity contribution in [1.29, 1.82) is 0 Å². The van der Waals surface area contributed by atoms with Crippen molar-refractivity contribution in [3.8, 4) is 5.75 Å². The molecule has 0 aliphatic rings. The lowest BCUT2D eigenvalue weighted by molar-refractivity contribution is -0.152. The topological polar surface area (TPSA) is 35.5 Å². The minimum atomic E-state index is -0.706. The second kappa shape index (κ2) is 9.96. The van der Waals surface area contributed by atoms with Gasteiger partial charge in [0.25, 0.3) is 0 Å². The predicted octanol–water partition coefficient (Wildman–Crippen LogP) is 5.52. The minimum Gasteiger partial charge on any atom is -0.477 e. The van der Waals surface area contributed by atoms with Gasteiger partial charge in [0.1, 0.15) is 5.75 Å². The van der Waals surface area contributed by atoms with Crippen LogP contribution < -0.4 is 4.74 Å². The second-order valence-corrected chi connectivity index (χ2v) is 6.23. The van der Waals surface area contributed by atoms with Crippen LogP contribution in [0.3, 0.4) is 0 Å². The van der Waals surface area contributed by atoms with Crippen LogP contribution in [0, 0.1) is 5.92 Å². The highest BCUT2D eigenvalue weighted by Gasteiger charge is 2.19. The average Bonchev–Trinajstić information content (AvgIpc) is 2.49. The first-order chi connectivity index (χ1) is 10.5. The molecule has 0 saturated heterocycles. The Morgan fingerprint density at radius 1 is 1.27 bits per heavy atom. The number of hydrogen-bond donors (Lipinski definition) is 0. The van der Waals surface area contributed by atoms with E-state index in [1.54, 1.807) is 25.1 Å². The number of rotatable bonds is 9. The number of carbonyl (C=O) groups excluding carboxylic acids is 1. The fraction of sp³-hybridized carbons (Fsp3) is 0.588. The highest BCUT2D eigenvalue weighted by molar-refractivity contribution is 6.35. The van der Waals surface area contributed by atoms with Crippen LogP contribution in [0.2, 0.25) is 10.0 Å². The van der Waals surface area contributed by atoms with Gasteiger partial charge in [-0.05, 0) is 37.5 Å². The second-order valence-electron chi connectivity index (χ2n) is 5.38. The largest absolute Gasteiger partial charge is 0.477 e. The van der Waals surface area contributed by atoms with Crippen LogP contribution in [0.25, 0.3) is 0 Å². The van der Waals surface area contributed by atoms with E-state index in [1.807, 2.05) is 0 Å². The lowest BCUT2D eigenvalue weighted by atomic mass is 10.0. The summed E-state index contributed by atoms with van der Waals surface area (Å²) in [5, 5.41) is 0.899. The number of benzene rings is 1. The molecular formula is C17H24Cl2O3. The number of halogens is 2. The highest BCUT2D eigenvalue weighted by atomic mass is 35.5. The van der Waals surface area contributed by atoms with E-state index in [0.717, 1.165) is 25.7 Å². The molecule has 0 aromatic heterocycles. The smallest absolute Gasteiger partial charge is 0.347 e. The molecule has 1 aromatic rings. The molecule has 0 saturated carbocycles. The molecule has 0 fully saturated rings. The van der Waals surface area contributed by atoms with Gasteiger partial charge in [-0.1, -0.05) is 56.3 Å². The van der Waals surface area contributed by atoms with Crippen molar-refractivity contribution in [2.24, 2.45) is 5.92 Å². The molecule has 1 aromatic carbocycles. The van der Waals surface area contributed by atoms with Crippen molar-refractivity contribution in [3.05, 3.63) is 28.2 Å². The summed E-state index contributed by atoms with van der Waals surface area (Å²) < 4.78 is 10.9.